The Balaban J connectivity index is 1.77. The molecule has 0 spiro atoms. The van der Waals surface area contributed by atoms with E-state index in [1.165, 1.54) is 10.9 Å². The average molecular weight is 328 g/mol. The van der Waals surface area contributed by atoms with Crippen LogP contribution < -0.4 is 16.2 Å². The molecule has 1 aromatic carbocycles. The monoisotopic (exact) mass is 328 g/mol. The van der Waals surface area contributed by atoms with Crippen LogP contribution in [0.4, 0.5) is 0 Å². The molecule has 1 aromatic heterocycles. The summed E-state index contributed by atoms with van der Waals surface area (Å²) < 4.78 is 1.45. The number of benzene rings is 1. The van der Waals surface area contributed by atoms with E-state index in [-0.39, 0.29) is 30.5 Å². The molecular formula is C17H20N4O3. The lowest BCUT2D eigenvalue weighted by Gasteiger charge is -2.09. The number of hydrogen-bond donors (Lipinski definition) is 2. The van der Waals surface area contributed by atoms with Crippen LogP contribution in [0.3, 0.4) is 0 Å². The number of carbonyl (C=O) groups is 2. The average Bonchev–Trinajstić information content (AvgIpc) is 2.60. The summed E-state index contributed by atoms with van der Waals surface area (Å²) in [5.74, 6) is -0.621. The Hall–Kier alpha value is -2.96. The third-order valence-electron chi connectivity index (χ3n) is 3.64. The second-order valence-corrected chi connectivity index (χ2v) is 5.35. The van der Waals surface area contributed by atoms with Crippen LogP contribution in [-0.4, -0.2) is 34.5 Å². The summed E-state index contributed by atoms with van der Waals surface area (Å²) in [4.78, 5) is 39.7. The number of rotatable bonds is 6. The number of nitrogens with zero attached hydrogens (tertiary/aromatic N) is 2. The first-order valence-corrected chi connectivity index (χ1v) is 7.61. The van der Waals surface area contributed by atoms with Gasteiger partial charge in [-0.3, -0.25) is 19.0 Å². The van der Waals surface area contributed by atoms with Gasteiger partial charge in [-0.1, -0.05) is 18.2 Å². The van der Waals surface area contributed by atoms with Gasteiger partial charge in [0.2, 0.25) is 5.91 Å². The molecule has 0 fully saturated rings. The number of aromatic nitrogens is 2. The predicted molar refractivity (Wildman–Crippen MR) is 89.8 cm³/mol. The molecule has 0 radical (unpaired) electrons. The van der Waals surface area contributed by atoms with Gasteiger partial charge in [0.1, 0.15) is 0 Å². The standard InChI is InChI=1S/C17H20N4O3/c1-12-13(2)20-11-21(17(12)24)9-8-18-15(22)10-19-16(23)14-6-4-3-5-7-14/h3-7,11H,8-10H2,1-2H3,(H,18,22)(H,19,23). The van der Waals surface area contributed by atoms with E-state index >= 15 is 0 Å². The van der Waals surface area contributed by atoms with E-state index in [1.54, 1.807) is 38.1 Å². The van der Waals surface area contributed by atoms with Crippen molar-refractivity contribution in [3.8, 4) is 0 Å². The third kappa shape index (κ3) is 4.52. The van der Waals surface area contributed by atoms with Gasteiger partial charge in [0, 0.05) is 29.9 Å². The summed E-state index contributed by atoms with van der Waals surface area (Å²) in [5.41, 5.74) is 1.68. The number of hydrogen-bond acceptors (Lipinski definition) is 4. The first kappa shape index (κ1) is 17.4. The molecule has 0 atom stereocenters. The van der Waals surface area contributed by atoms with Gasteiger partial charge in [0.25, 0.3) is 11.5 Å². The van der Waals surface area contributed by atoms with Crippen molar-refractivity contribution in [3.05, 3.63) is 63.8 Å². The van der Waals surface area contributed by atoms with Crippen LogP contribution in [0.1, 0.15) is 21.6 Å². The maximum atomic E-state index is 12.0. The molecular weight excluding hydrogens is 308 g/mol. The summed E-state index contributed by atoms with van der Waals surface area (Å²) in [7, 11) is 0. The highest BCUT2D eigenvalue weighted by molar-refractivity contribution is 5.96. The van der Waals surface area contributed by atoms with Gasteiger partial charge < -0.3 is 10.6 Å². The predicted octanol–water partition coefficient (Wildman–Crippen LogP) is 0.406. The number of carbonyl (C=O) groups excluding carboxylic acids is 2. The van der Waals surface area contributed by atoms with Crippen LogP contribution in [-0.2, 0) is 11.3 Å². The first-order valence-electron chi connectivity index (χ1n) is 7.61. The zero-order chi connectivity index (χ0) is 17.5. The summed E-state index contributed by atoms with van der Waals surface area (Å²) in [6.07, 6.45) is 1.47. The van der Waals surface area contributed by atoms with Crippen molar-refractivity contribution in [2.24, 2.45) is 0 Å². The van der Waals surface area contributed by atoms with E-state index in [1.807, 2.05) is 6.07 Å². The van der Waals surface area contributed by atoms with E-state index in [4.69, 9.17) is 0 Å². The quantitative estimate of drug-likeness (QED) is 0.803. The van der Waals surface area contributed by atoms with Crippen molar-refractivity contribution < 1.29 is 9.59 Å². The first-order chi connectivity index (χ1) is 11.5. The van der Waals surface area contributed by atoms with Crippen molar-refractivity contribution in [3.63, 3.8) is 0 Å². The lowest BCUT2D eigenvalue weighted by molar-refractivity contribution is -0.120. The Bertz CT molecular complexity index is 784. The Kier molecular flexibility index (Phi) is 5.83. The molecule has 0 saturated heterocycles. The van der Waals surface area contributed by atoms with Gasteiger partial charge in [-0.2, -0.15) is 0 Å². The minimum atomic E-state index is -0.316. The molecule has 1 heterocycles. The second-order valence-electron chi connectivity index (χ2n) is 5.35. The smallest absolute Gasteiger partial charge is 0.256 e. The number of aryl methyl sites for hydroxylation is 1. The fourth-order valence-corrected chi connectivity index (χ4v) is 2.07. The minimum Gasteiger partial charge on any atom is -0.353 e. The SMILES string of the molecule is Cc1ncn(CCNC(=O)CNC(=O)c2ccccc2)c(=O)c1C. The van der Waals surface area contributed by atoms with Crippen LogP contribution in [0.2, 0.25) is 0 Å². The highest BCUT2D eigenvalue weighted by Gasteiger charge is 2.08. The summed E-state index contributed by atoms with van der Waals surface area (Å²) in [6.45, 7) is 3.99. The molecule has 2 aromatic rings. The zero-order valence-electron chi connectivity index (χ0n) is 13.7. The van der Waals surface area contributed by atoms with E-state index in [0.29, 0.717) is 23.4 Å². The van der Waals surface area contributed by atoms with E-state index in [2.05, 4.69) is 15.6 Å². The summed E-state index contributed by atoms with van der Waals surface area (Å²) >= 11 is 0. The topological polar surface area (TPSA) is 93.1 Å². The molecule has 24 heavy (non-hydrogen) atoms. The lowest BCUT2D eigenvalue weighted by atomic mass is 10.2. The highest BCUT2D eigenvalue weighted by Crippen LogP contribution is 1.97. The maximum Gasteiger partial charge on any atom is 0.256 e. The largest absolute Gasteiger partial charge is 0.353 e. The summed E-state index contributed by atoms with van der Waals surface area (Å²) in [6, 6.07) is 8.67. The minimum absolute atomic E-state index is 0.117. The van der Waals surface area contributed by atoms with Crippen LogP contribution in [0.15, 0.2) is 41.5 Å². The van der Waals surface area contributed by atoms with Crippen molar-refractivity contribution in [2.75, 3.05) is 13.1 Å². The fraction of sp³-hybridized carbons (Fsp3) is 0.294. The van der Waals surface area contributed by atoms with Crippen molar-refractivity contribution >= 4 is 11.8 Å². The van der Waals surface area contributed by atoms with Crippen LogP contribution in [0.25, 0.3) is 0 Å². The van der Waals surface area contributed by atoms with E-state index in [0.717, 1.165) is 0 Å². The van der Waals surface area contributed by atoms with Gasteiger partial charge in [-0.15, -0.1) is 0 Å². The molecule has 0 aliphatic carbocycles. The zero-order valence-corrected chi connectivity index (χ0v) is 13.7. The molecule has 0 bridgehead atoms. The molecule has 7 nitrogen and oxygen atoms in total. The summed E-state index contributed by atoms with van der Waals surface area (Å²) in [5, 5.41) is 5.20. The van der Waals surface area contributed by atoms with E-state index < -0.39 is 0 Å². The Morgan fingerprint density at radius 1 is 1.12 bits per heavy atom. The third-order valence-corrected chi connectivity index (χ3v) is 3.64. The lowest BCUT2D eigenvalue weighted by Crippen LogP contribution is -2.39. The van der Waals surface area contributed by atoms with Gasteiger partial charge in [-0.05, 0) is 26.0 Å². The van der Waals surface area contributed by atoms with Crippen molar-refractivity contribution in [1.82, 2.24) is 20.2 Å². The van der Waals surface area contributed by atoms with Gasteiger partial charge >= 0.3 is 0 Å². The van der Waals surface area contributed by atoms with Crippen LogP contribution >= 0.6 is 0 Å². The molecule has 2 N–H and O–H groups in total. The molecule has 2 amide bonds. The van der Waals surface area contributed by atoms with Gasteiger partial charge in [0.05, 0.1) is 12.9 Å². The molecule has 0 aliphatic heterocycles. The highest BCUT2D eigenvalue weighted by atomic mass is 16.2. The molecule has 126 valence electrons. The second kappa shape index (κ2) is 8.05. The van der Waals surface area contributed by atoms with Crippen LogP contribution in [0.5, 0.6) is 0 Å². The molecule has 0 unspecified atom stereocenters. The molecule has 0 saturated carbocycles. The van der Waals surface area contributed by atoms with E-state index in [9.17, 15) is 14.4 Å². The Morgan fingerprint density at radius 3 is 2.54 bits per heavy atom. The molecule has 7 heteroatoms. The number of nitrogens with one attached hydrogen (secondary N) is 2. The van der Waals surface area contributed by atoms with Crippen molar-refractivity contribution in [2.45, 2.75) is 20.4 Å². The fourth-order valence-electron chi connectivity index (χ4n) is 2.07. The number of amides is 2. The molecule has 0 aliphatic rings. The van der Waals surface area contributed by atoms with Gasteiger partial charge in [-0.25, -0.2) is 4.98 Å². The Labute approximate surface area is 139 Å². The normalized spacial score (nSPS) is 10.2. The van der Waals surface area contributed by atoms with Crippen molar-refractivity contribution in [1.29, 1.82) is 0 Å². The molecule has 2 rings (SSSR count). The Morgan fingerprint density at radius 2 is 1.83 bits per heavy atom. The van der Waals surface area contributed by atoms with Crippen LogP contribution in [0, 0.1) is 13.8 Å². The maximum absolute atomic E-state index is 12.0. The van der Waals surface area contributed by atoms with Gasteiger partial charge in [0.15, 0.2) is 0 Å².